The van der Waals surface area contributed by atoms with Gasteiger partial charge in [-0.2, -0.15) is 4.98 Å². The molecular weight excluding hydrogens is 395 g/mol. The number of carbonyl (C=O) groups is 1. The summed E-state index contributed by atoms with van der Waals surface area (Å²) in [5.41, 5.74) is 1.56. The summed E-state index contributed by atoms with van der Waals surface area (Å²) in [7, 11) is 0. The predicted molar refractivity (Wildman–Crippen MR) is 92.4 cm³/mol. The molecule has 0 aliphatic carbocycles. The first kappa shape index (κ1) is 14.7. The van der Waals surface area contributed by atoms with Crippen LogP contribution in [-0.4, -0.2) is 10.9 Å². The second kappa shape index (κ2) is 6.27. The number of halogens is 1. The molecule has 0 unspecified atom stereocenters. The van der Waals surface area contributed by atoms with E-state index in [0.29, 0.717) is 16.5 Å². The van der Waals surface area contributed by atoms with Crippen LogP contribution in [0, 0.1) is 0 Å². The number of nitrogens with zero attached hydrogens (tertiary/aromatic N) is 1. The van der Waals surface area contributed by atoms with Crippen LogP contribution in [0.1, 0.15) is 15.9 Å². The van der Waals surface area contributed by atoms with Gasteiger partial charge in [-0.15, -0.1) is 0 Å². The van der Waals surface area contributed by atoms with Crippen LogP contribution >= 0.6 is 22.6 Å². The first-order valence-corrected chi connectivity index (χ1v) is 8.06. The van der Waals surface area contributed by atoms with Gasteiger partial charge in [0.1, 0.15) is 0 Å². The molecule has 0 aliphatic rings. The van der Waals surface area contributed by atoms with Gasteiger partial charge in [-0.1, -0.05) is 46.9 Å². The molecule has 1 aromatic heterocycles. The second-order valence-electron chi connectivity index (χ2n) is 4.61. The average molecular weight is 406 g/mol. The molecule has 110 valence electrons. The Morgan fingerprint density at radius 1 is 1.14 bits per heavy atom. The smallest absolute Gasteiger partial charge is 0.348 e. The van der Waals surface area contributed by atoms with Crippen molar-refractivity contribution in [1.82, 2.24) is 4.98 Å². The summed E-state index contributed by atoms with van der Waals surface area (Å²) in [6, 6.07) is 13.9. The Kier molecular flexibility index (Phi) is 4.19. The van der Waals surface area contributed by atoms with Gasteiger partial charge in [0.2, 0.25) is 0 Å². The molecule has 0 radical (unpaired) electrons. The van der Waals surface area contributed by atoms with Crippen molar-refractivity contribution in [2.45, 2.75) is 4.43 Å². The Labute approximate surface area is 139 Å². The molecule has 2 aromatic carbocycles. The first-order valence-electron chi connectivity index (χ1n) is 6.53. The summed E-state index contributed by atoms with van der Waals surface area (Å²) in [5, 5.41) is 2.89. The topological polar surface area (TPSA) is 72.2 Å². The van der Waals surface area contributed by atoms with Crippen molar-refractivity contribution < 1.29 is 9.21 Å². The van der Waals surface area contributed by atoms with Crippen LogP contribution in [0.4, 0.5) is 6.01 Å². The van der Waals surface area contributed by atoms with Gasteiger partial charge in [-0.25, -0.2) is 4.79 Å². The van der Waals surface area contributed by atoms with E-state index in [1.165, 1.54) is 0 Å². The van der Waals surface area contributed by atoms with E-state index in [1.807, 2.05) is 12.1 Å². The standard InChI is InChI=1S/C16H11IN2O3/c17-9-10-5-7-11(8-6-10)14(20)19-16-18-13-4-2-1-3-12(13)15(21)22-16/h1-8H,9H2,(H,18,19,20). The van der Waals surface area contributed by atoms with Crippen molar-refractivity contribution in [1.29, 1.82) is 0 Å². The van der Waals surface area contributed by atoms with E-state index in [9.17, 15) is 9.59 Å². The van der Waals surface area contributed by atoms with Gasteiger partial charge in [0.15, 0.2) is 0 Å². The number of rotatable bonds is 3. The number of alkyl halides is 1. The largest absolute Gasteiger partial charge is 0.388 e. The molecule has 0 fully saturated rings. The molecule has 5 nitrogen and oxygen atoms in total. The van der Waals surface area contributed by atoms with E-state index < -0.39 is 5.63 Å². The lowest BCUT2D eigenvalue weighted by Gasteiger charge is -2.04. The van der Waals surface area contributed by atoms with E-state index in [1.54, 1.807) is 36.4 Å². The number of para-hydroxylation sites is 1. The van der Waals surface area contributed by atoms with Crippen molar-refractivity contribution >= 4 is 45.4 Å². The zero-order valence-electron chi connectivity index (χ0n) is 11.4. The molecule has 0 saturated heterocycles. The first-order chi connectivity index (χ1) is 10.7. The molecular formula is C16H11IN2O3. The fourth-order valence-electron chi connectivity index (χ4n) is 1.99. The fourth-order valence-corrected chi connectivity index (χ4v) is 2.50. The van der Waals surface area contributed by atoms with Gasteiger partial charge >= 0.3 is 11.6 Å². The summed E-state index contributed by atoms with van der Waals surface area (Å²) in [6.07, 6.45) is 0. The number of nitrogens with one attached hydrogen (secondary N) is 1. The van der Waals surface area contributed by atoms with Crippen LogP contribution in [0.25, 0.3) is 10.9 Å². The van der Waals surface area contributed by atoms with Gasteiger partial charge in [-0.05, 0) is 29.8 Å². The lowest BCUT2D eigenvalue weighted by Crippen LogP contribution is -2.15. The maximum absolute atomic E-state index is 12.1. The maximum atomic E-state index is 12.1. The van der Waals surface area contributed by atoms with Crippen molar-refractivity contribution in [2.24, 2.45) is 0 Å². The minimum Gasteiger partial charge on any atom is -0.388 e. The van der Waals surface area contributed by atoms with Crippen LogP contribution in [0.15, 0.2) is 57.7 Å². The lowest BCUT2D eigenvalue weighted by molar-refractivity contribution is 0.102. The Balaban J connectivity index is 1.88. The monoisotopic (exact) mass is 406 g/mol. The summed E-state index contributed by atoms with van der Waals surface area (Å²) < 4.78 is 5.90. The molecule has 0 aliphatic heterocycles. The minimum atomic E-state index is -0.527. The summed E-state index contributed by atoms with van der Waals surface area (Å²) >= 11 is 2.25. The van der Waals surface area contributed by atoms with Crippen LogP contribution in [-0.2, 0) is 4.43 Å². The highest BCUT2D eigenvalue weighted by Gasteiger charge is 2.11. The van der Waals surface area contributed by atoms with E-state index in [0.717, 1.165) is 9.99 Å². The molecule has 22 heavy (non-hydrogen) atoms. The summed E-state index contributed by atoms with van der Waals surface area (Å²) in [5.74, 6) is -0.370. The van der Waals surface area contributed by atoms with Gasteiger partial charge in [0, 0.05) is 9.99 Å². The molecule has 0 bridgehead atoms. The van der Waals surface area contributed by atoms with E-state index in [4.69, 9.17) is 4.42 Å². The number of hydrogen-bond acceptors (Lipinski definition) is 4. The zero-order valence-corrected chi connectivity index (χ0v) is 13.5. The number of hydrogen-bond donors (Lipinski definition) is 1. The highest BCUT2D eigenvalue weighted by molar-refractivity contribution is 14.1. The Morgan fingerprint density at radius 2 is 1.86 bits per heavy atom. The minimum absolute atomic E-state index is 0.105. The van der Waals surface area contributed by atoms with Gasteiger partial charge < -0.3 is 4.42 Å². The SMILES string of the molecule is O=C(Nc1nc2ccccc2c(=O)o1)c1ccc(CI)cc1. The normalized spacial score (nSPS) is 10.6. The molecule has 3 rings (SSSR count). The second-order valence-corrected chi connectivity index (χ2v) is 5.37. The van der Waals surface area contributed by atoms with Crippen molar-refractivity contribution in [3.8, 4) is 0 Å². The lowest BCUT2D eigenvalue weighted by atomic mass is 10.1. The Hall–Kier alpha value is -2.22. The van der Waals surface area contributed by atoms with Crippen LogP contribution in [0.5, 0.6) is 0 Å². The van der Waals surface area contributed by atoms with Crippen molar-refractivity contribution in [3.05, 3.63) is 70.1 Å². The number of anilines is 1. The van der Waals surface area contributed by atoms with Crippen LogP contribution in [0.2, 0.25) is 0 Å². The molecule has 1 N–H and O–H groups in total. The van der Waals surface area contributed by atoms with E-state index in [-0.39, 0.29) is 11.9 Å². The van der Waals surface area contributed by atoms with Crippen LogP contribution in [0.3, 0.4) is 0 Å². The number of carbonyl (C=O) groups excluding carboxylic acids is 1. The molecule has 0 spiro atoms. The number of fused-ring (bicyclic) bond motifs is 1. The summed E-state index contributed by atoms with van der Waals surface area (Å²) in [6.45, 7) is 0. The van der Waals surface area contributed by atoms with Gasteiger partial charge in [-0.3, -0.25) is 10.1 Å². The number of amides is 1. The Morgan fingerprint density at radius 3 is 2.59 bits per heavy atom. The molecule has 0 atom stereocenters. The van der Waals surface area contributed by atoms with E-state index >= 15 is 0 Å². The third kappa shape index (κ3) is 3.01. The molecule has 3 aromatic rings. The zero-order chi connectivity index (χ0) is 15.5. The Bertz CT molecular complexity index is 888. The predicted octanol–water partition coefficient (Wildman–Crippen LogP) is 3.38. The third-order valence-corrected chi connectivity index (χ3v) is 4.01. The molecule has 0 saturated carbocycles. The molecule has 1 amide bonds. The van der Waals surface area contributed by atoms with Crippen molar-refractivity contribution in [2.75, 3.05) is 5.32 Å². The van der Waals surface area contributed by atoms with Crippen LogP contribution < -0.4 is 10.9 Å². The highest BCUT2D eigenvalue weighted by Crippen LogP contribution is 2.13. The van der Waals surface area contributed by atoms with Gasteiger partial charge in [0.05, 0.1) is 10.9 Å². The fraction of sp³-hybridized carbons (Fsp3) is 0.0625. The molecule has 6 heteroatoms. The number of aromatic nitrogens is 1. The maximum Gasteiger partial charge on any atom is 0.348 e. The van der Waals surface area contributed by atoms with Gasteiger partial charge in [0.25, 0.3) is 5.91 Å². The summed E-state index contributed by atoms with van der Waals surface area (Å²) in [4.78, 5) is 28.1. The van der Waals surface area contributed by atoms with Crippen molar-refractivity contribution in [3.63, 3.8) is 0 Å². The average Bonchev–Trinajstić information content (AvgIpc) is 2.55. The third-order valence-electron chi connectivity index (χ3n) is 3.13. The quantitative estimate of drug-likeness (QED) is 0.535. The molecule has 1 heterocycles. The number of benzene rings is 2. The van der Waals surface area contributed by atoms with E-state index in [2.05, 4.69) is 32.9 Å². The highest BCUT2D eigenvalue weighted by atomic mass is 127.